The molecule has 0 radical (unpaired) electrons. The third-order valence-corrected chi connectivity index (χ3v) is 9.50. The first-order valence-electron chi connectivity index (χ1n) is 14.4. The van der Waals surface area contributed by atoms with Crippen LogP contribution in [0.2, 0.25) is 10.0 Å². The molecule has 10 nitrogen and oxygen atoms in total. The Kier molecular flexibility index (Phi) is 10.7. The third-order valence-electron chi connectivity index (χ3n) is 6.98. The number of rotatable bonds is 10. The predicted molar refractivity (Wildman–Crippen MR) is 189 cm³/mol. The molecule has 0 spiro atoms. The average molecular weight is 808 g/mol. The standard InChI is InChI=1S/C33H28Cl2IN3O7S/c1-5-44-26-13-20(12-25(36)30(26)45-16-19-9-10-23(34)24(35)11-19)14-27-31(40)38-29(21-7-6-8-22(15-21)39(42)43)28(32(41)46-17(2)3)18(4)37-33(38)47-27/h6-15,17,29H,5,16H2,1-4H3/b27-14+/t29-/m1/s1. The van der Waals surface area contributed by atoms with Crippen LogP contribution in [0.15, 0.2) is 75.7 Å². The maximum absolute atomic E-state index is 14.1. The van der Waals surface area contributed by atoms with Crippen molar-refractivity contribution in [2.45, 2.75) is 46.4 Å². The number of nitro groups is 1. The van der Waals surface area contributed by atoms with Crippen LogP contribution in [0.25, 0.3) is 6.08 Å². The van der Waals surface area contributed by atoms with Gasteiger partial charge in [0.05, 0.1) is 53.1 Å². The highest BCUT2D eigenvalue weighted by Crippen LogP contribution is 2.36. The number of carbonyl (C=O) groups excluding carboxylic acids is 1. The zero-order chi connectivity index (χ0) is 34.0. The number of non-ortho nitro benzene ring substituents is 1. The summed E-state index contributed by atoms with van der Waals surface area (Å²) in [7, 11) is 0. The maximum atomic E-state index is 14.1. The molecule has 0 fully saturated rings. The van der Waals surface area contributed by atoms with E-state index >= 15 is 0 Å². The number of nitrogens with zero attached hydrogens (tertiary/aromatic N) is 3. The van der Waals surface area contributed by atoms with Crippen LogP contribution < -0.4 is 24.4 Å². The second kappa shape index (κ2) is 14.6. The van der Waals surface area contributed by atoms with E-state index < -0.39 is 28.6 Å². The molecule has 0 bridgehead atoms. The molecule has 4 aromatic rings. The van der Waals surface area contributed by atoms with Crippen LogP contribution in [0.1, 0.15) is 50.4 Å². The van der Waals surface area contributed by atoms with Crippen LogP contribution >= 0.6 is 57.1 Å². The molecule has 244 valence electrons. The van der Waals surface area contributed by atoms with Crippen LogP contribution in [0.4, 0.5) is 5.69 Å². The quantitative estimate of drug-likeness (QED) is 0.0734. The smallest absolute Gasteiger partial charge is 0.338 e. The highest BCUT2D eigenvalue weighted by atomic mass is 127. The van der Waals surface area contributed by atoms with E-state index in [2.05, 4.69) is 27.6 Å². The normalized spacial score (nSPS) is 14.6. The number of carbonyl (C=O) groups is 1. The van der Waals surface area contributed by atoms with Gasteiger partial charge in [-0.05, 0) is 97.3 Å². The highest BCUT2D eigenvalue weighted by Gasteiger charge is 2.34. The van der Waals surface area contributed by atoms with Crippen molar-refractivity contribution in [2.75, 3.05) is 6.61 Å². The van der Waals surface area contributed by atoms with Gasteiger partial charge in [-0.25, -0.2) is 9.79 Å². The largest absolute Gasteiger partial charge is 0.490 e. The number of aromatic nitrogens is 1. The van der Waals surface area contributed by atoms with Crippen molar-refractivity contribution in [2.24, 2.45) is 4.99 Å². The lowest BCUT2D eigenvalue weighted by Crippen LogP contribution is -2.40. The van der Waals surface area contributed by atoms with Gasteiger partial charge in [-0.2, -0.15) is 0 Å². The van der Waals surface area contributed by atoms with E-state index in [9.17, 15) is 19.7 Å². The van der Waals surface area contributed by atoms with Gasteiger partial charge in [0, 0.05) is 12.1 Å². The second-order valence-corrected chi connectivity index (χ2v) is 13.7. The minimum Gasteiger partial charge on any atom is -0.490 e. The lowest BCUT2D eigenvalue weighted by Gasteiger charge is -2.25. The fourth-order valence-corrected chi connectivity index (χ4v) is 7.14. The van der Waals surface area contributed by atoms with Crippen molar-refractivity contribution in [3.63, 3.8) is 0 Å². The SMILES string of the molecule is CCOc1cc(/C=c2/sc3n(c2=O)[C@H](c2cccc([N+](=O)[O-])c2)C(C(=O)OC(C)C)=C(C)N=3)cc(I)c1OCc1ccc(Cl)c(Cl)c1. The van der Waals surface area contributed by atoms with Gasteiger partial charge < -0.3 is 14.2 Å². The molecule has 0 unspecified atom stereocenters. The van der Waals surface area contributed by atoms with E-state index in [0.717, 1.165) is 20.5 Å². The van der Waals surface area contributed by atoms with Crippen molar-refractivity contribution in [3.8, 4) is 11.5 Å². The summed E-state index contributed by atoms with van der Waals surface area (Å²) < 4.78 is 20.1. The molecule has 3 aromatic carbocycles. The molecule has 1 aromatic heterocycles. The van der Waals surface area contributed by atoms with E-state index in [4.69, 9.17) is 37.4 Å². The number of thiazole rings is 1. The first-order chi connectivity index (χ1) is 22.4. The fraction of sp³-hybridized carbons (Fsp3) is 0.242. The number of hydrogen-bond donors (Lipinski definition) is 0. The number of nitro benzene ring substituents is 1. The molecule has 5 rings (SSSR count). The summed E-state index contributed by atoms with van der Waals surface area (Å²) in [5.74, 6) is 0.369. The third kappa shape index (κ3) is 7.56. The van der Waals surface area contributed by atoms with Gasteiger partial charge in [0.1, 0.15) is 6.61 Å². The van der Waals surface area contributed by atoms with Crippen LogP contribution in [-0.4, -0.2) is 28.2 Å². The summed E-state index contributed by atoms with van der Waals surface area (Å²) in [6.07, 6.45) is 1.28. The zero-order valence-electron chi connectivity index (χ0n) is 25.6. The number of ether oxygens (including phenoxy) is 3. The molecule has 1 aliphatic heterocycles. The summed E-state index contributed by atoms with van der Waals surface area (Å²) in [5.41, 5.74) is 1.79. The van der Waals surface area contributed by atoms with Crippen LogP contribution in [0.3, 0.4) is 0 Å². The van der Waals surface area contributed by atoms with Gasteiger partial charge in [0.2, 0.25) is 0 Å². The zero-order valence-corrected chi connectivity index (χ0v) is 30.1. The molecule has 47 heavy (non-hydrogen) atoms. The van der Waals surface area contributed by atoms with Gasteiger partial charge in [0.15, 0.2) is 16.3 Å². The van der Waals surface area contributed by atoms with Crippen molar-refractivity contribution < 1.29 is 23.9 Å². The summed E-state index contributed by atoms with van der Waals surface area (Å²) in [5, 5.41) is 12.5. The number of benzene rings is 3. The summed E-state index contributed by atoms with van der Waals surface area (Å²) in [4.78, 5) is 43.5. The van der Waals surface area contributed by atoms with Gasteiger partial charge >= 0.3 is 5.97 Å². The second-order valence-electron chi connectivity index (χ2n) is 10.7. The van der Waals surface area contributed by atoms with Gasteiger partial charge in [-0.3, -0.25) is 19.5 Å². The average Bonchev–Trinajstić information content (AvgIpc) is 3.31. The molecular weight excluding hydrogens is 780 g/mol. The van der Waals surface area contributed by atoms with Gasteiger partial charge in [0.25, 0.3) is 11.2 Å². The number of esters is 1. The van der Waals surface area contributed by atoms with E-state index in [-0.39, 0.29) is 17.9 Å². The Labute approximate surface area is 297 Å². The van der Waals surface area contributed by atoms with Crippen LogP contribution in [0, 0.1) is 13.7 Å². The van der Waals surface area contributed by atoms with Crippen LogP contribution in [0.5, 0.6) is 11.5 Å². The topological polar surface area (TPSA) is 122 Å². The molecule has 0 saturated heterocycles. The van der Waals surface area contributed by atoms with Crippen LogP contribution in [-0.2, 0) is 16.1 Å². The maximum Gasteiger partial charge on any atom is 0.338 e. The molecule has 1 aliphatic rings. The molecule has 0 aliphatic carbocycles. The van der Waals surface area contributed by atoms with Crippen molar-refractivity contribution in [1.29, 1.82) is 0 Å². The monoisotopic (exact) mass is 807 g/mol. The first-order valence-corrected chi connectivity index (χ1v) is 17.0. The van der Waals surface area contributed by atoms with Gasteiger partial charge in [-0.15, -0.1) is 0 Å². The number of allylic oxidation sites excluding steroid dienone is 1. The molecule has 2 heterocycles. The summed E-state index contributed by atoms with van der Waals surface area (Å²) in [6, 6.07) is 13.8. The highest BCUT2D eigenvalue weighted by molar-refractivity contribution is 14.1. The minimum atomic E-state index is -0.990. The molecule has 0 saturated carbocycles. The Hall–Kier alpha value is -3.72. The minimum absolute atomic E-state index is 0.134. The van der Waals surface area contributed by atoms with Crippen molar-refractivity contribution in [3.05, 3.63) is 126 Å². The van der Waals surface area contributed by atoms with E-state index in [1.807, 2.05) is 19.1 Å². The fourth-order valence-electron chi connectivity index (χ4n) is 4.99. The lowest BCUT2D eigenvalue weighted by atomic mass is 9.95. The number of halogens is 3. The van der Waals surface area contributed by atoms with Crippen molar-refractivity contribution >= 4 is 74.9 Å². The van der Waals surface area contributed by atoms with E-state index in [1.165, 1.54) is 22.8 Å². The Morgan fingerprint density at radius 1 is 1.15 bits per heavy atom. The molecule has 0 amide bonds. The Balaban J connectivity index is 1.60. The predicted octanol–water partition coefficient (Wildman–Crippen LogP) is 6.98. The molecule has 1 atom stereocenters. The first kappa shape index (κ1) is 34.6. The molecular formula is C33H28Cl2IN3O7S. The van der Waals surface area contributed by atoms with E-state index in [1.54, 1.807) is 51.1 Å². The summed E-state index contributed by atoms with van der Waals surface area (Å²) >= 11 is 15.5. The lowest BCUT2D eigenvalue weighted by molar-refractivity contribution is -0.384. The number of hydrogen-bond acceptors (Lipinski definition) is 9. The van der Waals surface area contributed by atoms with Gasteiger partial charge in [-0.1, -0.05) is 52.7 Å². The Bertz CT molecular complexity index is 2110. The van der Waals surface area contributed by atoms with Crippen molar-refractivity contribution in [1.82, 2.24) is 4.57 Å². The Morgan fingerprint density at radius 2 is 1.91 bits per heavy atom. The summed E-state index contributed by atoms with van der Waals surface area (Å²) in [6.45, 7) is 7.55. The number of fused-ring (bicyclic) bond motifs is 1. The molecule has 0 N–H and O–H groups in total. The van der Waals surface area contributed by atoms with E-state index in [0.29, 0.717) is 54.3 Å². The molecule has 14 heteroatoms. The Morgan fingerprint density at radius 3 is 2.60 bits per heavy atom.